The first-order chi connectivity index (χ1) is 12.7. The van der Waals surface area contributed by atoms with Gasteiger partial charge < -0.3 is 5.32 Å². The monoisotopic (exact) mass is 340 g/mol. The lowest BCUT2D eigenvalue weighted by molar-refractivity contribution is 0.102. The Hall–Kier alpha value is -3.60. The van der Waals surface area contributed by atoms with Gasteiger partial charge in [-0.25, -0.2) is 15.0 Å². The van der Waals surface area contributed by atoms with Gasteiger partial charge in [0.25, 0.3) is 5.91 Å². The molecule has 26 heavy (non-hydrogen) atoms. The Labute approximate surface area is 150 Å². The van der Waals surface area contributed by atoms with Crippen molar-refractivity contribution in [2.45, 2.75) is 6.92 Å². The average molecular weight is 340 g/mol. The highest BCUT2D eigenvalue weighted by atomic mass is 16.1. The van der Waals surface area contributed by atoms with Crippen molar-refractivity contribution in [2.75, 3.05) is 5.32 Å². The van der Waals surface area contributed by atoms with E-state index in [9.17, 15) is 4.79 Å². The van der Waals surface area contributed by atoms with E-state index in [1.807, 2.05) is 67.6 Å². The minimum atomic E-state index is -0.244. The van der Waals surface area contributed by atoms with E-state index in [0.717, 1.165) is 22.2 Å². The van der Waals surface area contributed by atoms with E-state index in [0.29, 0.717) is 17.2 Å². The van der Waals surface area contributed by atoms with Crippen molar-refractivity contribution >= 4 is 22.5 Å². The second-order valence-electron chi connectivity index (χ2n) is 5.91. The summed E-state index contributed by atoms with van der Waals surface area (Å²) in [5.74, 6) is 0.462. The Morgan fingerprint density at radius 3 is 2.69 bits per heavy atom. The summed E-state index contributed by atoms with van der Waals surface area (Å²) in [6.07, 6.45) is 1.72. The summed E-state index contributed by atoms with van der Waals surface area (Å²) in [4.78, 5) is 25.5. The topological polar surface area (TPSA) is 67.8 Å². The highest BCUT2D eigenvalue weighted by Gasteiger charge is 2.09. The van der Waals surface area contributed by atoms with Crippen LogP contribution in [-0.4, -0.2) is 20.9 Å². The number of nitrogens with zero attached hydrogens (tertiary/aromatic N) is 3. The molecule has 0 aliphatic rings. The van der Waals surface area contributed by atoms with E-state index in [1.165, 1.54) is 0 Å². The predicted molar refractivity (Wildman–Crippen MR) is 102 cm³/mol. The van der Waals surface area contributed by atoms with Gasteiger partial charge in [-0.05, 0) is 37.3 Å². The van der Waals surface area contributed by atoms with Gasteiger partial charge in [0.05, 0.1) is 11.2 Å². The molecule has 0 unspecified atom stereocenters. The van der Waals surface area contributed by atoms with Crippen LogP contribution < -0.4 is 5.32 Å². The molecule has 0 bridgehead atoms. The van der Waals surface area contributed by atoms with Crippen molar-refractivity contribution < 1.29 is 4.79 Å². The fourth-order valence-corrected chi connectivity index (χ4v) is 2.76. The summed E-state index contributed by atoms with van der Waals surface area (Å²) in [5, 5.41) is 3.91. The van der Waals surface area contributed by atoms with Crippen LogP contribution in [0.1, 0.15) is 16.3 Å². The Kier molecular flexibility index (Phi) is 4.11. The third-order valence-electron chi connectivity index (χ3n) is 4.02. The summed E-state index contributed by atoms with van der Waals surface area (Å²) >= 11 is 0. The molecule has 2 heterocycles. The highest BCUT2D eigenvalue weighted by Crippen LogP contribution is 2.21. The van der Waals surface area contributed by atoms with E-state index in [-0.39, 0.29) is 5.91 Å². The maximum absolute atomic E-state index is 12.6. The number of anilines is 1. The van der Waals surface area contributed by atoms with Gasteiger partial charge in [0.15, 0.2) is 0 Å². The molecule has 4 rings (SSSR count). The number of carbonyl (C=O) groups is 1. The number of amides is 1. The van der Waals surface area contributed by atoms with E-state index < -0.39 is 0 Å². The maximum Gasteiger partial charge on any atom is 0.274 e. The fourth-order valence-electron chi connectivity index (χ4n) is 2.76. The first-order valence-electron chi connectivity index (χ1n) is 8.26. The zero-order valence-electron chi connectivity index (χ0n) is 14.2. The Morgan fingerprint density at radius 1 is 0.923 bits per heavy atom. The lowest BCUT2D eigenvalue weighted by atomic mass is 10.1. The number of hydrogen-bond acceptors (Lipinski definition) is 4. The van der Waals surface area contributed by atoms with Crippen molar-refractivity contribution in [3.05, 3.63) is 84.4 Å². The number of rotatable bonds is 3. The van der Waals surface area contributed by atoms with Gasteiger partial charge >= 0.3 is 0 Å². The normalized spacial score (nSPS) is 10.7. The van der Waals surface area contributed by atoms with Crippen LogP contribution in [0.15, 0.2) is 72.9 Å². The van der Waals surface area contributed by atoms with Gasteiger partial charge in [-0.1, -0.05) is 36.4 Å². The molecule has 5 heteroatoms. The lowest BCUT2D eigenvalue weighted by Gasteiger charge is -2.08. The van der Waals surface area contributed by atoms with Gasteiger partial charge in [0, 0.05) is 22.8 Å². The van der Waals surface area contributed by atoms with Crippen LogP contribution in [-0.2, 0) is 0 Å². The molecule has 0 atom stereocenters. The Balaban J connectivity index is 1.60. The number of nitrogens with one attached hydrogen (secondary N) is 1. The Morgan fingerprint density at radius 2 is 1.81 bits per heavy atom. The zero-order chi connectivity index (χ0) is 17.9. The van der Waals surface area contributed by atoms with Crippen molar-refractivity contribution in [3.63, 3.8) is 0 Å². The zero-order valence-corrected chi connectivity index (χ0v) is 14.2. The van der Waals surface area contributed by atoms with Crippen molar-refractivity contribution in [1.82, 2.24) is 15.0 Å². The number of benzene rings is 2. The first-order valence-corrected chi connectivity index (χ1v) is 8.26. The van der Waals surface area contributed by atoms with Crippen molar-refractivity contribution in [3.8, 4) is 11.3 Å². The molecular formula is C21H16N4O. The van der Waals surface area contributed by atoms with Gasteiger partial charge in [-0.15, -0.1) is 0 Å². The van der Waals surface area contributed by atoms with E-state index >= 15 is 0 Å². The van der Waals surface area contributed by atoms with Crippen LogP contribution in [0.5, 0.6) is 0 Å². The van der Waals surface area contributed by atoms with E-state index in [2.05, 4.69) is 20.3 Å². The predicted octanol–water partition coefficient (Wildman–Crippen LogP) is 4.25. The molecule has 2 aromatic carbocycles. The van der Waals surface area contributed by atoms with Crippen LogP contribution in [0.4, 0.5) is 5.69 Å². The summed E-state index contributed by atoms with van der Waals surface area (Å²) < 4.78 is 0. The number of hydrogen-bond donors (Lipinski definition) is 1. The molecule has 1 N–H and O–H groups in total. The molecule has 126 valence electrons. The minimum Gasteiger partial charge on any atom is -0.321 e. The van der Waals surface area contributed by atoms with Crippen LogP contribution in [0, 0.1) is 6.92 Å². The molecule has 0 saturated carbocycles. The molecule has 0 aliphatic carbocycles. The summed E-state index contributed by atoms with van der Waals surface area (Å²) in [7, 11) is 0. The fraction of sp³-hybridized carbons (Fsp3) is 0.0476. The maximum atomic E-state index is 12.6. The molecule has 4 aromatic rings. The van der Waals surface area contributed by atoms with Crippen molar-refractivity contribution in [2.24, 2.45) is 0 Å². The molecular weight excluding hydrogens is 324 g/mol. The average Bonchev–Trinajstić information content (AvgIpc) is 2.68. The molecule has 2 aromatic heterocycles. The molecule has 0 spiro atoms. The summed E-state index contributed by atoms with van der Waals surface area (Å²) in [6.45, 7) is 1.85. The van der Waals surface area contributed by atoms with Gasteiger partial charge in [-0.3, -0.25) is 4.79 Å². The molecule has 0 radical (unpaired) electrons. The molecule has 1 amide bonds. The quantitative estimate of drug-likeness (QED) is 0.605. The van der Waals surface area contributed by atoms with Crippen LogP contribution in [0.2, 0.25) is 0 Å². The van der Waals surface area contributed by atoms with Crippen LogP contribution in [0.25, 0.3) is 22.2 Å². The summed E-state index contributed by atoms with van der Waals surface area (Å²) in [6, 6.07) is 20.8. The second kappa shape index (κ2) is 6.72. The first kappa shape index (κ1) is 15.9. The Bertz CT molecular complexity index is 1110. The standard InChI is InChI=1S/C21H16N4O/c1-14-22-12-11-19(23-14)16-6-4-7-17(13-16)24-21(26)20-10-9-15-5-2-3-8-18(15)25-20/h2-13H,1H3,(H,24,26). The number of aryl methyl sites for hydroxylation is 1. The minimum absolute atomic E-state index is 0.244. The number of carbonyl (C=O) groups excluding carboxylic acids is 1. The van der Waals surface area contributed by atoms with Crippen LogP contribution in [0.3, 0.4) is 0 Å². The number of pyridine rings is 1. The van der Waals surface area contributed by atoms with Crippen LogP contribution >= 0.6 is 0 Å². The number of para-hydroxylation sites is 1. The molecule has 0 saturated heterocycles. The molecule has 5 nitrogen and oxygen atoms in total. The van der Waals surface area contributed by atoms with Gasteiger partial charge in [0.1, 0.15) is 11.5 Å². The smallest absolute Gasteiger partial charge is 0.274 e. The summed E-state index contributed by atoms with van der Waals surface area (Å²) in [5.41, 5.74) is 3.60. The van der Waals surface area contributed by atoms with Gasteiger partial charge in [0.2, 0.25) is 0 Å². The third-order valence-corrected chi connectivity index (χ3v) is 4.02. The van der Waals surface area contributed by atoms with E-state index in [1.54, 1.807) is 12.3 Å². The number of fused-ring (bicyclic) bond motifs is 1. The van der Waals surface area contributed by atoms with E-state index in [4.69, 9.17) is 0 Å². The lowest BCUT2D eigenvalue weighted by Crippen LogP contribution is -2.13. The SMILES string of the molecule is Cc1nccc(-c2cccc(NC(=O)c3ccc4ccccc4n3)c2)n1. The van der Waals surface area contributed by atoms with Gasteiger partial charge in [-0.2, -0.15) is 0 Å². The number of aromatic nitrogens is 3. The second-order valence-corrected chi connectivity index (χ2v) is 5.91. The third kappa shape index (κ3) is 3.28. The molecule has 0 aliphatic heterocycles. The molecule has 0 fully saturated rings. The largest absolute Gasteiger partial charge is 0.321 e. The highest BCUT2D eigenvalue weighted by molar-refractivity contribution is 6.04. The van der Waals surface area contributed by atoms with Crippen molar-refractivity contribution in [1.29, 1.82) is 0 Å².